The van der Waals surface area contributed by atoms with Gasteiger partial charge in [-0.3, -0.25) is 4.79 Å². The molecular weight excluding hydrogens is 240 g/mol. The topological polar surface area (TPSA) is 52.6 Å². The molecule has 0 fully saturated rings. The van der Waals surface area contributed by atoms with Gasteiger partial charge in [-0.15, -0.1) is 0 Å². The molecule has 0 aliphatic carbocycles. The molecule has 0 aromatic carbocycles. The number of carboxylic acids is 1. The monoisotopic (exact) mass is 272 g/mol. The molecule has 0 aromatic rings. The van der Waals surface area contributed by atoms with Crippen molar-refractivity contribution in [2.24, 2.45) is 0 Å². The molecule has 4 heteroatoms. The summed E-state index contributed by atoms with van der Waals surface area (Å²) >= 11 is 0. The highest BCUT2D eigenvalue weighted by molar-refractivity contribution is 5.78. The second-order valence-electron chi connectivity index (χ2n) is 5.79. The molecule has 2 N–H and O–H groups in total. The van der Waals surface area contributed by atoms with Crippen molar-refractivity contribution in [1.29, 1.82) is 0 Å². The van der Waals surface area contributed by atoms with E-state index in [1.165, 1.54) is 12.8 Å². The van der Waals surface area contributed by atoms with Crippen molar-refractivity contribution in [3.05, 3.63) is 0 Å². The van der Waals surface area contributed by atoms with Crippen LogP contribution in [0.4, 0.5) is 0 Å². The normalized spacial score (nSPS) is 16.3. The molecule has 0 aromatic heterocycles. The molecule has 0 aliphatic heterocycles. The molecule has 4 nitrogen and oxygen atoms in total. The molecule has 0 bridgehead atoms. The van der Waals surface area contributed by atoms with Crippen LogP contribution in [0, 0.1) is 0 Å². The Morgan fingerprint density at radius 3 is 2.47 bits per heavy atom. The largest absolute Gasteiger partial charge is 0.480 e. The van der Waals surface area contributed by atoms with E-state index in [4.69, 9.17) is 0 Å². The van der Waals surface area contributed by atoms with Gasteiger partial charge in [-0.25, -0.2) is 0 Å². The average Bonchev–Trinajstić information content (AvgIpc) is 2.36. The zero-order chi connectivity index (χ0) is 14.9. The van der Waals surface area contributed by atoms with E-state index in [1.54, 1.807) is 6.92 Å². The lowest BCUT2D eigenvalue weighted by Gasteiger charge is -2.29. The maximum Gasteiger partial charge on any atom is 0.323 e. The number of carbonyl (C=O) groups is 1. The van der Waals surface area contributed by atoms with Gasteiger partial charge in [0.15, 0.2) is 0 Å². The van der Waals surface area contributed by atoms with E-state index in [2.05, 4.69) is 38.0 Å². The quantitative estimate of drug-likeness (QED) is 0.607. The third-order valence-electron chi connectivity index (χ3n) is 3.88. The predicted octanol–water partition coefficient (Wildman–Crippen LogP) is 2.73. The van der Waals surface area contributed by atoms with E-state index in [0.717, 1.165) is 25.9 Å². The molecule has 0 spiro atoms. The fraction of sp³-hybridized carbons (Fsp3) is 0.933. The number of nitrogens with zero attached hydrogens (tertiary/aromatic N) is 1. The smallest absolute Gasteiger partial charge is 0.323 e. The van der Waals surface area contributed by atoms with Gasteiger partial charge in [0.1, 0.15) is 5.54 Å². The van der Waals surface area contributed by atoms with Gasteiger partial charge >= 0.3 is 5.97 Å². The van der Waals surface area contributed by atoms with E-state index in [-0.39, 0.29) is 0 Å². The van der Waals surface area contributed by atoms with Crippen molar-refractivity contribution in [3.63, 3.8) is 0 Å². The summed E-state index contributed by atoms with van der Waals surface area (Å²) < 4.78 is 0. The highest BCUT2D eigenvalue weighted by Gasteiger charge is 2.31. The number of aliphatic carboxylic acids is 1. The number of carboxylic acid groups (broad SMARTS) is 1. The summed E-state index contributed by atoms with van der Waals surface area (Å²) in [6, 6.07) is 0.574. The van der Waals surface area contributed by atoms with Crippen LogP contribution in [-0.2, 0) is 4.79 Å². The Kier molecular flexibility index (Phi) is 9.02. The molecular formula is C15H32N2O2. The Morgan fingerprint density at radius 1 is 1.37 bits per heavy atom. The summed E-state index contributed by atoms with van der Waals surface area (Å²) in [6.07, 6.45) is 4.92. The van der Waals surface area contributed by atoms with Crippen molar-refractivity contribution in [1.82, 2.24) is 10.2 Å². The second-order valence-corrected chi connectivity index (χ2v) is 5.79. The van der Waals surface area contributed by atoms with Gasteiger partial charge in [-0.05, 0) is 59.7 Å². The first-order valence-corrected chi connectivity index (χ1v) is 7.56. The number of hydrogen-bond donors (Lipinski definition) is 2. The highest BCUT2D eigenvalue weighted by atomic mass is 16.4. The van der Waals surface area contributed by atoms with Crippen LogP contribution in [0.25, 0.3) is 0 Å². The SMILES string of the molecule is CCCNC(C)(CCCN(C)C(C)CCC)C(=O)O. The minimum atomic E-state index is -0.787. The first-order valence-electron chi connectivity index (χ1n) is 7.56. The maximum absolute atomic E-state index is 11.4. The molecule has 0 radical (unpaired) electrons. The van der Waals surface area contributed by atoms with Gasteiger partial charge in [-0.1, -0.05) is 20.3 Å². The first kappa shape index (κ1) is 18.4. The standard InChI is InChI=1S/C15H32N2O2/c1-6-9-13(3)17(5)12-8-10-15(4,14(18)19)16-11-7-2/h13,16H,6-12H2,1-5H3,(H,18,19). The van der Waals surface area contributed by atoms with Gasteiger partial charge in [-0.2, -0.15) is 0 Å². The molecule has 2 atom stereocenters. The lowest BCUT2D eigenvalue weighted by atomic mass is 9.95. The van der Waals surface area contributed by atoms with Crippen molar-refractivity contribution in [3.8, 4) is 0 Å². The molecule has 0 rings (SSSR count). The van der Waals surface area contributed by atoms with E-state index in [1.807, 2.05) is 0 Å². The summed E-state index contributed by atoms with van der Waals surface area (Å²) in [6.45, 7) is 9.98. The van der Waals surface area contributed by atoms with Gasteiger partial charge in [0.2, 0.25) is 0 Å². The summed E-state index contributed by atoms with van der Waals surface area (Å²) in [5.41, 5.74) is -0.787. The molecule has 19 heavy (non-hydrogen) atoms. The summed E-state index contributed by atoms with van der Waals surface area (Å²) in [5, 5.41) is 12.5. The third kappa shape index (κ3) is 6.92. The van der Waals surface area contributed by atoms with E-state index in [0.29, 0.717) is 12.5 Å². The first-order chi connectivity index (χ1) is 8.87. The maximum atomic E-state index is 11.4. The number of hydrogen-bond acceptors (Lipinski definition) is 3. The van der Waals surface area contributed by atoms with Crippen LogP contribution >= 0.6 is 0 Å². The van der Waals surface area contributed by atoms with Crippen molar-refractivity contribution >= 4 is 5.97 Å². The Balaban J connectivity index is 4.15. The van der Waals surface area contributed by atoms with Crippen LogP contribution in [0.15, 0.2) is 0 Å². The van der Waals surface area contributed by atoms with Crippen LogP contribution in [0.3, 0.4) is 0 Å². The van der Waals surface area contributed by atoms with Crippen LogP contribution < -0.4 is 5.32 Å². The minimum Gasteiger partial charge on any atom is -0.480 e. The fourth-order valence-corrected chi connectivity index (χ4v) is 2.21. The Bertz CT molecular complexity index is 259. The van der Waals surface area contributed by atoms with Gasteiger partial charge in [0.25, 0.3) is 0 Å². The Labute approximate surface area is 118 Å². The zero-order valence-electron chi connectivity index (χ0n) is 13.3. The third-order valence-corrected chi connectivity index (χ3v) is 3.88. The van der Waals surface area contributed by atoms with E-state index in [9.17, 15) is 9.90 Å². The van der Waals surface area contributed by atoms with Gasteiger partial charge < -0.3 is 15.3 Å². The molecule has 2 unspecified atom stereocenters. The Hall–Kier alpha value is -0.610. The van der Waals surface area contributed by atoms with Crippen molar-refractivity contribution < 1.29 is 9.90 Å². The zero-order valence-corrected chi connectivity index (χ0v) is 13.3. The van der Waals surface area contributed by atoms with Crippen molar-refractivity contribution in [2.75, 3.05) is 20.1 Å². The number of rotatable bonds is 11. The molecule has 114 valence electrons. The molecule has 0 amide bonds. The molecule has 0 saturated heterocycles. The van der Waals surface area contributed by atoms with Crippen molar-refractivity contribution in [2.45, 2.75) is 71.4 Å². The summed E-state index contributed by atoms with van der Waals surface area (Å²) in [7, 11) is 2.12. The van der Waals surface area contributed by atoms with Crippen LogP contribution in [-0.4, -0.2) is 47.7 Å². The highest BCUT2D eigenvalue weighted by Crippen LogP contribution is 2.14. The summed E-state index contributed by atoms with van der Waals surface area (Å²) in [5.74, 6) is -0.745. The van der Waals surface area contributed by atoms with Gasteiger partial charge in [0.05, 0.1) is 0 Å². The lowest BCUT2D eigenvalue weighted by molar-refractivity contribution is -0.144. The molecule has 0 saturated carbocycles. The molecule has 0 aliphatic rings. The predicted molar refractivity (Wildman–Crippen MR) is 80.6 cm³/mol. The molecule has 0 heterocycles. The Morgan fingerprint density at radius 2 is 2.00 bits per heavy atom. The van der Waals surface area contributed by atoms with Gasteiger partial charge in [0, 0.05) is 6.04 Å². The lowest BCUT2D eigenvalue weighted by Crippen LogP contribution is -2.50. The average molecular weight is 272 g/mol. The van der Waals surface area contributed by atoms with Crippen LogP contribution in [0.2, 0.25) is 0 Å². The minimum absolute atomic E-state index is 0.574. The number of nitrogens with one attached hydrogen (secondary N) is 1. The second kappa shape index (κ2) is 9.32. The van der Waals surface area contributed by atoms with E-state index < -0.39 is 11.5 Å². The van der Waals surface area contributed by atoms with E-state index >= 15 is 0 Å². The van der Waals surface area contributed by atoms with Crippen LogP contribution in [0.1, 0.15) is 59.8 Å². The fourth-order valence-electron chi connectivity index (χ4n) is 2.21. The summed E-state index contributed by atoms with van der Waals surface area (Å²) in [4.78, 5) is 13.7. The van der Waals surface area contributed by atoms with Crippen LogP contribution in [0.5, 0.6) is 0 Å².